The molecule has 0 bridgehead atoms. The van der Waals surface area contributed by atoms with Crippen molar-refractivity contribution in [3.05, 3.63) is 50.1 Å². The van der Waals surface area contributed by atoms with Crippen LogP contribution in [-0.2, 0) is 0 Å². The van der Waals surface area contributed by atoms with Crippen LogP contribution in [0.1, 0.15) is 96.4 Å². The molecule has 22 heavy (non-hydrogen) atoms. The monoisotopic (exact) mass is 316 g/mol. The first-order chi connectivity index (χ1) is 10.7. The zero-order chi connectivity index (χ0) is 20.2. The van der Waals surface area contributed by atoms with Gasteiger partial charge in [0.15, 0.2) is 0 Å². The summed E-state index contributed by atoms with van der Waals surface area (Å²) >= 11 is 0. The summed E-state index contributed by atoms with van der Waals surface area (Å²) in [7, 11) is 0. The third-order valence-corrected chi connectivity index (χ3v) is 0.622. The van der Waals surface area contributed by atoms with Gasteiger partial charge in [-0.3, -0.25) is 0 Å². The Bertz CT molecular complexity index is 97.2. The molecule has 0 atom stereocenters. The van der Waals surface area contributed by atoms with E-state index in [0.717, 1.165) is 6.42 Å². The van der Waals surface area contributed by atoms with Crippen molar-refractivity contribution in [2.45, 2.75) is 96.4 Å². The van der Waals surface area contributed by atoms with Crippen LogP contribution < -0.4 is 0 Å². The van der Waals surface area contributed by atoms with E-state index in [1.807, 2.05) is 101 Å². The summed E-state index contributed by atoms with van der Waals surface area (Å²) in [4.78, 5) is 0. The highest BCUT2D eigenvalue weighted by molar-refractivity contribution is 4.68. The lowest BCUT2D eigenvalue weighted by Crippen LogP contribution is -1.36. The van der Waals surface area contributed by atoms with Crippen molar-refractivity contribution in [3.8, 4) is 0 Å². The van der Waals surface area contributed by atoms with E-state index in [4.69, 9.17) is 0 Å². The van der Waals surface area contributed by atoms with Crippen molar-refractivity contribution < 1.29 is 0 Å². The van der Waals surface area contributed by atoms with E-state index in [2.05, 4.69) is 26.7 Å². The van der Waals surface area contributed by atoms with E-state index in [9.17, 15) is 0 Å². The minimum Gasteiger partial charge on any atom is -0.103 e. The van der Waals surface area contributed by atoms with Crippen molar-refractivity contribution >= 4 is 0 Å². The van der Waals surface area contributed by atoms with Gasteiger partial charge in [0.05, 0.1) is 0 Å². The first-order valence-electron chi connectivity index (χ1n) is 8.98. The molecule has 0 spiro atoms. The number of hydrogen-bond donors (Lipinski definition) is 0. The van der Waals surface area contributed by atoms with Crippen molar-refractivity contribution in [2.75, 3.05) is 0 Å². The van der Waals surface area contributed by atoms with Crippen LogP contribution in [0.25, 0.3) is 0 Å². The fourth-order valence-corrected chi connectivity index (χ4v) is 0. The second kappa shape index (κ2) is 292. The Morgan fingerprint density at radius 2 is 0.636 bits per heavy atom. The smallest absolute Gasteiger partial charge is 0.0382 e. The summed E-state index contributed by atoms with van der Waals surface area (Å²) in [5, 5.41) is 0. The van der Waals surface area contributed by atoms with Crippen LogP contribution in [-0.4, -0.2) is 0 Å². The van der Waals surface area contributed by atoms with Gasteiger partial charge in [0, 0.05) is 0 Å². The van der Waals surface area contributed by atoms with Gasteiger partial charge >= 0.3 is 0 Å². The maximum atomic E-state index is 3.48. The fraction of sp³-hybridized carbons (Fsp3) is 0.636. The first-order valence-corrected chi connectivity index (χ1v) is 8.98. The molecule has 140 valence electrons. The highest BCUT2D eigenvalue weighted by Gasteiger charge is 1.45. The normalized spacial score (nSPS) is 5.14. The van der Waals surface area contributed by atoms with Gasteiger partial charge in [-0.1, -0.05) is 92.7 Å². The van der Waals surface area contributed by atoms with Gasteiger partial charge in [0.2, 0.25) is 0 Å². The lowest BCUT2D eigenvalue weighted by Gasteiger charge is -1.57. The minimum atomic E-state index is 1.08. The SMILES string of the molecule is C/C=C\C.C=CC.C=CC.C=CCC.CC.CC.CC.CC. The standard InChI is InChI=1S/2C4H8.2C3H6.4C2H6/c2*1-3-4-2;2*1-3-2;4*1-2/h3-4H,1-2H3;3H,1,4H2,2H3;2*3H,1H2,2H3;4*1-2H3/b4-3-;;;;;;;. The summed E-state index contributed by atoms with van der Waals surface area (Å²) < 4.78 is 0. The minimum absolute atomic E-state index is 1.08. The van der Waals surface area contributed by atoms with Gasteiger partial charge in [-0.05, 0) is 34.1 Å². The molecule has 0 N–H and O–H groups in total. The second-order valence-electron chi connectivity index (χ2n) is 2.18. The number of allylic oxidation sites excluding steroid dienone is 5. The molecular weight excluding hydrogens is 264 g/mol. The lowest BCUT2D eigenvalue weighted by atomic mass is 10.5. The molecule has 0 aromatic rings. The fourth-order valence-electron chi connectivity index (χ4n) is 0. The number of hydrogen-bond acceptors (Lipinski definition) is 0. The maximum Gasteiger partial charge on any atom is -0.0382 e. The van der Waals surface area contributed by atoms with Gasteiger partial charge in [0.25, 0.3) is 0 Å². The summed E-state index contributed by atoms with van der Waals surface area (Å²) in [6, 6.07) is 0. The molecule has 0 aromatic carbocycles. The van der Waals surface area contributed by atoms with E-state index in [1.165, 1.54) is 0 Å². The van der Waals surface area contributed by atoms with Crippen LogP contribution in [0.2, 0.25) is 0 Å². The van der Waals surface area contributed by atoms with Crippen molar-refractivity contribution in [3.63, 3.8) is 0 Å². The largest absolute Gasteiger partial charge is 0.103 e. The van der Waals surface area contributed by atoms with E-state index < -0.39 is 0 Å². The number of rotatable bonds is 1. The molecule has 0 amide bonds. The predicted molar refractivity (Wildman–Crippen MR) is 118 cm³/mol. The van der Waals surface area contributed by atoms with Crippen LogP contribution in [0.15, 0.2) is 50.1 Å². The highest BCUT2D eigenvalue weighted by atomic mass is 13.5. The zero-order valence-electron chi connectivity index (χ0n) is 18.7. The van der Waals surface area contributed by atoms with Crippen LogP contribution in [0.3, 0.4) is 0 Å². The Kier molecular flexibility index (Phi) is 659. The Morgan fingerprint density at radius 3 is 0.636 bits per heavy atom. The Hall–Kier alpha value is -1.04. The van der Waals surface area contributed by atoms with E-state index in [-0.39, 0.29) is 0 Å². The van der Waals surface area contributed by atoms with Gasteiger partial charge in [-0.2, -0.15) is 0 Å². The molecule has 0 nitrogen and oxygen atoms in total. The van der Waals surface area contributed by atoms with E-state index in [1.54, 1.807) is 12.2 Å². The summed E-state index contributed by atoms with van der Waals surface area (Å²) in [6.45, 7) is 36.0. The van der Waals surface area contributed by atoms with Crippen LogP contribution >= 0.6 is 0 Å². The van der Waals surface area contributed by atoms with Crippen molar-refractivity contribution in [2.24, 2.45) is 0 Å². The van der Waals surface area contributed by atoms with Crippen molar-refractivity contribution in [1.29, 1.82) is 0 Å². The van der Waals surface area contributed by atoms with Gasteiger partial charge in [-0.15, -0.1) is 19.7 Å². The Morgan fingerprint density at radius 1 is 0.545 bits per heavy atom. The molecule has 0 rings (SSSR count). The maximum absolute atomic E-state index is 3.48. The topological polar surface area (TPSA) is 0 Å². The quantitative estimate of drug-likeness (QED) is 0.422. The van der Waals surface area contributed by atoms with Crippen LogP contribution in [0, 0.1) is 0 Å². The Labute approximate surface area is 147 Å². The molecular formula is C22H52. The molecule has 0 heteroatoms. The summed E-state index contributed by atoms with van der Waals surface area (Å²) in [6.07, 6.45) is 10.5. The average Bonchev–Trinajstić information content (AvgIpc) is 2.63. The molecule has 0 aliphatic carbocycles. The first kappa shape index (κ1) is 49.7. The molecule has 0 heterocycles. The van der Waals surface area contributed by atoms with Gasteiger partial charge < -0.3 is 0 Å². The van der Waals surface area contributed by atoms with Gasteiger partial charge in [-0.25, -0.2) is 0 Å². The van der Waals surface area contributed by atoms with Crippen LogP contribution in [0.4, 0.5) is 0 Å². The van der Waals surface area contributed by atoms with Gasteiger partial charge in [0.1, 0.15) is 0 Å². The zero-order valence-corrected chi connectivity index (χ0v) is 18.7. The summed E-state index contributed by atoms with van der Waals surface area (Å²) in [5.74, 6) is 0. The van der Waals surface area contributed by atoms with E-state index in [0.29, 0.717) is 0 Å². The summed E-state index contributed by atoms with van der Waals surface area (Å²) in [5.41, 5.74) is 0. The molecule has 0 fully saturated rings. The van der Waals surface area contributed by atoms with Crippen LogP contribution in [0.5, 0.6) is 0 Å². The molecule has 0 aliphatic heterocycles. The second-order valence-corrected chi connectivity index (χ2v) is 2.18. The molecule has 0 aromatic heterocycles. The molecule has 0 saturated carbocycles. The molecule has 0 aliphatic rings. The third kappa shape index (κ3) is 6640. The lowest BCUT2D eigenvalue weighted by molar-refractivity contribution is 1.23. The highest BCUT2D eigenvalue weighted by Crippen LogP contribution is 1.66. The van der Waals surface area contributed by atoms with E-state index >= 15 is 0 Å². The van der Waals surface area contributed by atoms with Crippen molar-refractivity contribution in [1.82, 2.24) is 0 Å². The Balaban J connectivity index is -0.0000000174. The average molecular weight is 317 g/mol. The molecule has 0 radical (unpaired) electrons. The molecule has 0 saturated heterocycles. The third-order valence-electron chi connectivity index (χ3n) is 0.622. The predicted octanol–water partition coefficient (Wildman–Crippen LogP) is 9.65. The molecule has 0 unspecified atom stereocenters.